The summed E-state index contributed by atoms with van der Waals surface area (Å²) in [6.07, 6.45) is 4.82. The smallest absolute Gasteiger partial charge is 0.384 e. The van der Waals surface area contributed by atoms with Crippen LogP contribution in [0, 0.1) is 12.3 Å². The summed E-state index contributed by atoms with van der Waals surface area (Å²) < 4.78 is 4.70. The van der Waals surface area contributed by atoms with Crippen molar-refractivity contribution in [3.63, 3.8) is 0 Å². The lowest BCUT2D eigenvalue weighted by Crippen LogP contribution is -2.00. The number of benzene rings is 1. The van der Waals surface area contributed by atoms with Crippen LogP contribution in [0.25, 0.3) is 0 Å². The molecule has 0 aliphatic heterocycles. The Hall–Kier alpha value is -1.46. The molecule has 66 valence electrons. The molecule has 0 spiro atoms. The van der Waals surface area contributed by atoms with Crippen LogP contribution in [0.2, 0.25) is 5.02 Å². The van der Waals surface area contributed by atoms with Crippen molar-refractivity contribution in [1.82, 2.24) is 0 Å². The molecule has 0 amide bonds. The van der Waals surface area contributed by atoms with E-state index >= 15 is 0 Å². The van der Waals surface area contributed by atoms with Crippen molar-refractivity contribution < 1.29 is 9.53 Å². The SMILES string of the molecule is C#CC(=O)OCc1cccc(Cl)c1. The molecule has 0 unspecified atom stereocenters. The van der Waals surface area contributed by atoms with Gasteiger partial charge >= 0.3 is 5.97 Å². The van der Waals surface area contributed by atoms with Gasteiger partial charge in [0.05, 0.1) is 0 Å². The van der Waals surface area contributed by atoms with E-state index in [0.29, 0.717) is 5.02 Å². The van der Waals surface area contributed by atoms with Crippen molar-refractivity contribution in [3.8, 4) is 12.3 Å². The quantitative estimate of drug-likeness (QED) is 0.409. The van der Waals surface area contributed by atoms with Crippen LogP contribution in [0.4, 0.5) is 0 Å². The lowest BCUT2D eigenvalue weighted by molar-refractivity contribution is -0.137. The maximum Gasteiger partial charge on any atom is 0.384 e. The van der Waals surface area contributed by atoms with E-state index in [1.807, 2.05) is 5.92 Å². The molecule has 1 aromatic rings. The van der Waals surface area contributed by atoms with Crippen LogP contribution in [-0.4, -0.2) is 5.97 Å². The summed E-state index contributed by atoms with van der Waals surface area (Å²) in [6.45, 7) is 0.156. The fourth-order valence-corrected chi connectivity index (χ4v) is 1.03. The topological polar surface area (TPSA) is 26.3 Å². The lowest BCUT2D eigenvalue weighted by atomic mass is 10.2. The van der Waals surface area contributed by atoms with Crippen LogP contribution >= 0.6 is 11.6 Å². The maximum absolute atomic E-state index is 10.6. The van der Waals surface area contributed by atoms with Gasteiger partial charge in [0.25, 0.3) is 0 Å². The van der Waals surface area contributed by atoms with Crippen molar-refractivity contribution in [1.29, 1.82) is 0 Å². The number of halogens is 1. The van der Waals surface area contributed by atoms with Gasteiger partial charge in [-0.25, -0.2) is 4.79 Å². The first-order valence-electron chi connectivity index (χ1n) is 3.60. The second kappa shape index (κ2) is 4.54. The predicted molar refractivity (Wildman–Crippen MR) is 50.1 cm³/mol. The van der Waals surface area contributed by atoms with Gasteiger partial charge in [-0.15, -0.1) is 6.42 Å². The van der Waals surface area contributed by atoms with Gasteiger partial charge in [0.1, 0.15) is 6.61 Å². The average molecular weight is 195 g/mol. The molecule has 0 saturated heterocycles. The molecule has 13 heavy (non-hydrogen) atoms. The summed E-state index contributed by atoms with van der Waals surface area (Å²) >= 11 is 5.71. The monoisotopic (exact) mass is 194 g/mol. The Morgan fingerprint density at radius 2 is 2.38 bits per heavy atom. The standard InChI is InChI=1S/C10H7ClO2/c1-2-10(12)13-7-8-4-3-5-9(11)6-8/h1,3-6H,7H2. The van der Waals surface area contributed by atoms with E-state index in [1.165, 1.54) is 0 Å². The average Bonchev–Trinajstić information content (AvgIpc) is 2.14. The molecule has 0 aliphatic carbocycles. The van der Waals surface area contributed by atoms with E-state index in [9.17, 15) is 4.79 Å². The number of rotatable bonds is 2. The first-order valence-corrected chi connectivity index (χ1v) is 3.98. The Balaban J connectivity index is 2.56. The fourth-order valence-electron chi connectivity index (χ4n) is 0.817. The molecule has 0 radical (unpaired) electrons. The summed E-state index contributed by atoms with van der Waals surface area (Å²) in [5.41, 5.74) is 0.816. The van der Waals surface area contributed by atoms with E-state index in [-0.39, 0.29) is 6.61 Å². The number of hydrogen-bond acceptors (Lipinski definition) is 2. The molecule has 0 N–H and O–H groups in total. The number of ether oxygens (including phenoxy) is 1. The summed E-state index contributed by atoms with van der Waals surface area (Å²) in [5.74, 6) is 1.19. The molecule has 0 saturated carbocycles. The molecule has 0 fully saturated rings. The van der Waals surface area contributed by atoms with E-state index < -0.39 is 5.97 Å². The molecular weight excluding hydrogens is 188 g/mol. The zero-order chi connectivity index (χ0) is 9.68. The fraction of sp³-hybridized carbons (Fsp3) is 0.100. The molecule has 0 bridgehead atoms. The van der Waals surface area contributed by atoms with Gasteiger partial charge < -0.3 is 4.74 Å². The Kier molecular flexibility index (Phi) is 3.36. The van der Waals surface area contributed by atoms with E-state index in [2.05, 4.69) is 0 Å². The summed E-state index contributed by atoms with van der Waals surface area (Å²) in [4.78, 5) is 10.6. The maximum atomic E-state index is 10.6. The molecule has 3 heteroatoms. The summed E-state index contributed by atoms with van der Waals surface area (Å²) in [6, 6.07) is 7.04. The van der Waals surface area contributed by atoms with Crippen molar-refractivity contribution in [2.75, 3.05) is 0 Å². The normalized spacial score (nSPS) is 8.92. The minimum absolute atomic E-state index is 0.156. The lowest BCUT2D eigenvalue weighted by Gasteiger charge is -2.00. The van der Waals surface area contributed by atoms with Crippen LogP contribution in [0.3, 0.4) is 0 Å². The van der Waals surface area contributed by atoms with Crippen molar-refractivity contribution in [3.05, 3.63) is 34.9 Å². The highest BCUT2D eigenvalue weighted by molar-refractivity contribution is 6.30. The third-order valence-corrected chi connectivity index (χ3v) is 1.61. The number of hydrogen-bond donors (Lipinski definition) is 0. The van der Waals surface area contributed by atoms with Gasteiger partial charge in [0.2, 0.25) is 0 Å². The van der Waals surface area contributed by atoms with Gasteiger partial charge in [0, 0.05) is 10.9 Å². The molecule has 0 heterocycles. The van der Waals surface area contributed by atoms with Gasteiger partial charge in [-0.05, 0) is 17.7 Å². The highest BCUT2D eigenvalue weighted by Crippen LogP contribution is 2.11. The zero-order valence-corrected chi connectivity index (χ0v) is 7.54. The molecule has 0 aliphatic rings. The van der Waals surface area contributed by atoms with Crippen LogP contribution < -0.4 is 0 Å². The largest absolute Gasteiger partial charge is 0.451 e. The highest BCUT2D eigenvalue weighted by Gasteiger charge is 1.98. The molecular formula is C10H7ClO2. The number of esters is 1. The Bertz CT molecular complexity index is 352. The summed E-state index contributed by atoms with van der Waals surface area (Å²) in [7, 11) is 0. The highest BCUT2D eigenvalue weighted by atomic mass is 35.5. The minimum atomic E-state index is -0.667. The van der Waals surface area contributed by atoms with Crippen molar-refractivity contribution >= 4 is 17.6 Å². The van der Waals surface area contributed by atoms with Gasteiger partial charge in [-0.1, -0.05) is 23.7 Å². The minimum Gasteiger partial charge on any atom is -0.451 e. The van der Waals surface area contributed by atoms with Crippen molar-refractivity contribution in [2.24, 2.45) is 0 Å². The van der Waals surface area contributed by atoms with Crippen LogP contribution in [0.15, 0.2) is 24.3 Å². The molecule has 0 aromatic heterocycles. The third kappa shape index (κ3) is 3.18. The first-order chi connectivity index (χ1) is 6.22. The van der Waals surface area contributed by atoms with E-state index in [1.54, 1.807) is 24.3 Å². The van der Waals surface area contributed by atoms with Gasteiger partial charge in [-0.3, -0.25) is 0 Å². The summed E-state index contributed by atoms with van der Waals surface area (Å²) in [5, 5.41) is 0.606. The van der Waals surface area contributed by atoms with Crippen LogP contribution in [0.5, 0.6) is 0 Å². The third-order valence-electron chi connectivity index (χ3n) is 1.38. The second-order valence-corrected chi connectivity index (χ2v) is 2.79. The predicted octanol–water partition coefficient (Wildman–Crippen LogP) is 2.02. The van der Waals surface area contributed by atoms with Gasteiger partial charge in [0.15, 0.2) is 0 Å². The van der Waals surface area contributed by atoms with E-state index in [4.69, 9.17) is 22.8 Å². The molecule has 1 rings (SSSR count). The second-order valence-electron chi connectivity index (χ2n) is 2.35. The number of carbonyl (C=O) groups excluding carboxylic acids is 1. The Morgan fingerprint density at radius 1 is 1.62 bits per heavy atom. The number of terminal acetylenes is 1. The van der Waals surface area contributed by atoms with Gasteiger partial charge in [-0.2, -0.15) is 0 Å². The molecule has 1 aromatic carbocycles. The molecule has 0 atom stereocenters. The molecule has 2 nitrogen and oxygen atoms in total. The first kappa shape index (κ1) is 9.63. The Labute approximate surface area is 81.5 Å². The zero-order valence-electron chi connectivity index (χ0n) is 6.79. The van der Waals surface area contributed by atoms with E-state index in [0.717, 1.165) is 5.56 Å². The van der Waals surface area contributed by atoms with Crippen LogP contribution in [0.1, 0.15) is 5.56 Å². The van der Waals surface area contributed by atoms with Crippen LogP contribution in [-0.2, 0) is 16.1 Å². The Morgan fingerprint density at radius 3 is 3.00 bits per heavy atom. The number of carbonyl (C=O) groups is 1. The van der Waals surface area contributed by atoms with Crippen molar-refractivity contribution in [2.45, 2.75) is 6.61 Å².